The largest absolute Gasteiger partial charge is 0.341 e. The van der Waals surface area contributed by atoms with E-state index in [0.717, 1.165) is 38.0 Å². The molecule has 5 rings (SSSR count). The van der Waals surface area contributed by atoms with E-state index in [1.165, 1.54) is 31.2 Å². The number of amides is 3. The first-order chi connectivity index (χ1) is 19.9. The van der Waals surface area contributed by atoms with Crippen molar-refractivity contribution in [3.63, 3.8) is 0 Å². The van der Waals surface area contributed by atoms with Crippen molar-refractivity contribution < 1.29 is 14.4 Å². The van der Waals surface area contributed by atoms with Crippen LogP contribution in [0.1, 0.15) is 81.1 Å². The van der Waals surface area contributed by atoms with Gasteiger partial charge in [-0.1, -0.05) is 63.4 Å². The Kier molecular flexibility index (Phi) is 9.31. The van der Waals surface area contributed by atoms with Gasteiger partial charge in [0, 0.05) is 37.4 Å². The van der Waals surface area contributed by atoms with Crippen molar-refractivity contribution in [2.24, 2.45) is 5.92 Å². The van der Waals surface area contributed by atoms with Gasteiger partial charge in [0.25, 0.3) is 11.8 Å². The molecule has 3 aliphatic heterocycles. The smallest absolute Gasteiger partial charge is 0.253 e. The van der Waals surface area contributed by atoms with E-state index in [9.17, 15) is 14.4 Å². The Labute approximate surface area is 245 Å². The summed E-state index contributed by atoms with van der Waals surface area (Å²) in [7, 11) is 0. The Bertz CT molecular complexity index is 1180. The molecule has 0 radical (unpaired) electrons. The third kappa shape index (κ3) is 6.44. The highest BCUT2D eigenvalue weighted by Gasteiger charge is 2.54. The maximum atomic E-state index is 14.1. The predicted molar refractivity (Wildman–Crippen MR) is 163 cm³/mol. The average Bonchev–Trinajstić information content (AvgIpc) is 3.26. The molecule has 3 aliphatic rings. The number of carbonyl (C=O) groups excluding carboxylic acids is 3. The number of piperidine rings is 2. The van der Waals surface area contributed by atoms with Crippen molar-refractivity contribution in [1.82, 2.24) is 14.7 Å². The van der Waals surface area contributed by atoms with Gasteiger partial charge in [-0.2, -0.15) is 0 Å². The number of anilines is 1. The van der Waals surface area contributed by atoms with Crippen LogP contribution in [-0.2, 0) is 16.0 Å². The van der Waals surface area contributed by atoms with E-state index in [2.05, 4.69) is 30.9 Å². The molecule has 7 nitrogen and oxygen atoms in total. The number of rotatable bonds is 9. The van der Waals surface area contributed by atoms with E-state index in [4.69, 9.17) is 0 Å². The second kappa shape index (κ2) is 13.1. The number of nitrogens with zero attached hydrogens (tertiary/aromatic N) is 4. The Hall–Kier alpha value is -3.35. The van der Waals surface area contributed by atoms with Crippen LogP contribution in [-0.4, -0.2) is 77.4 Å². The summed E-state index contributed by atoms with van der Waals surface area (Å²) >= 11 is 0. The van der Waals surface area contributed by atoms with Gasteiger partial charge in [-0.25, -0.2) is 0 Å². The van der Waals surface area contributed by atoms with Crippen molar-refractivity contribution >= 4 is 23.4 Å². The van der Waals surface area contributed by atoms with Crippen molar-refractivity contribution in [2.45, 2.75) is 77.2 Å². The fourth-order valence-corrected chi connectivity index (χ4v) is 6.68. The lowest BCUT2D eigenvalue weighted by atomic mass is 9.85. The van der Waals surface area contributed by atoms with Gasteiger partial charge >= 0.3 is 0 Å². The number of carbonyl (C=O) groups is 3. The van der Waals surface area contributed by atoms with Gasteiger partial charge in [0.15, 0.2) is 0 Å². The van der Waals surface area contributed by atoms with Crippen LogP contribution in [0.15, 0.2) is 54.6 Å². The number of hydrogen-bond acceptors (Lipinski definition) is 4. The van der Waals surface area contributed by atoms with Crippen LogP contribution < -0.4 is 4.90 Å². The molecule has 1 spiro atoms. The van der Waals surface area contributed by atoms with Crippen molar-refractivity contribution in [1.29, 1.82) is 0 Å². The minimum absolute atomic E-state index is 0.0135. The summed E-state index contributed by atoms with van der Waals surface area (Å²) in [5.41, 5.74) is 2.23. The highest BCUT2D eigenvalue weighted by Crippen LogP contribution is 2.39. The van der Waals surface area contributed by atoms with Crippen LogP contribution in [0.5, 0.6) is 0 Å². The zero-order valence-electron chi connectivity index (χ0n) is 24.9. The van der Waals surface area contributed by atoms with Crippen LogP contribution in [0, 0.1) is 5.92 Å². The molecule has 3 heterocycles. The Morgan fingerprint density at radius 1 is 0.854 bits per heavy atom. The van der Waals surface area contributed by atoms with Crippen molar-refractivity contribution in [3.05, 3.63) is 65.7 Å². The first kappa shape index (κ1) is 29.2. The van der Waals surface area contributed by atoms with Gasteiger partial charge in [0.05, 0.1) is 6.67 Å². The number of benzene rings is 2. The van der Waals surface area contributed by atoms with Gasteiger partial charge in [-0.3, -0.25) is 14.4 Å². The molecule has 3 fully saturated rings. The maximum Gasteiger partial charge on any atom is 0.253 e. The molecule has 7 heteroatoms. The lowest BCUT2D eigenvalue weighted by molar-refractivity contribution is -0.141. The molecule has 0 aromatic heterocycles. The van der Waals surface area contributed by atoms with E-state index in [1.54, 1.807) is 4.90 Å². The summed E-state index contributed by atoms with van der Waals surface area (Å²) in [6.07, 6.45) is 9.11. The zero-order valence-corrected chi connectivity index (χ0v) is 24.9. The molecule has 0 unspecified atom stereocenters. The molecule has 220 valence electrons. The van der Waals surface area contributed by atoms with E-state index in [1.807, 2.05) is 52.3 Å². The molecule has 3 amide bonds. The normalized spacial score (nSPS) is 19.3. The Morgan fingerprint density at radius 2 is 1.54 bits per heavy atom. The lowest BCUT2D eigenvalue weighted by Crippen LogP contribution is -2.57. The molecule has 3 saturated heterocycles. The van der Waals surface area contributed by atoms with Crippen LogP contribution in [0.4, 0.5) is 5.69 Å². The number of para-hydroxylation sites is 1. The second-order valence-electron chi connectivity index (χ2n) is 12.3. The molecule has 41 heavy (non-hydrogen) atoms. The minimum Gasteiger partial charge on any atom is -0.341 e. The molecule has 0 aliphatic carbocycles. The first-order valence-electron chi connectivity index (χ1n) is 15.7. The van der Waals surface area contributed by atoms with Crippen molar-refractivity contribution in [2.75, 3.05) is 44.3 Å². The lowest BCUT2D eigenvalue weighted by Gasteiger charge is -2.43. The van der Waals surface area contributed by atoms with E-state index in [0.29, 0.717) is 44.1 Å². The fourth-order valence-electron chi connectivity index (χ4n) is 6.68. The van der Waals surface area contributed by atoms with Crippen LogP contribution >= 0.6 is 0 Å². The topological polar surface area (TPSA) is 64.2 Å². The zero-order chi connectivity index (χ0) is 28.8. The molecule has 0 atom stereocenters. The highest BCUT2D eigenvalue weighted by atomic mass is 16.2. The average molecular weight is 559 g/mol. The Morgan fingerprint density at radius 3 is 2.20 bits per heavy atom. The third-order valence-corrected chi connectivity index (χ3v) is 9.44. The maximum absolute atomic E-state index is 14.1. The van der Waals surface area contributed by atoms with Crippen LogP contribution in [0.2, 0.25) is 0 Å². The SMILES string of the molecule is CCCCCCc1ccc(C(=O)N2CCC3(CC2)C(=O)N(CC(=O)N2CCC(C)CC2)CN3c2ccccc2)cc1. The monoisotopic (exact) mass is 558 g/mol. The molecular formula is C34H46N4O3. The molecule has 0 bridgehead atoms. The molecule has 2 aromatic rings. The van der Waals surface area contributed by atoms with E-state index < -0.39 is 5.54 Å². The van der Waals surface area contributed by atoms with Gasteiger partial charge in [-0.15, -0.1) is 0 Å². The first-order valence-corrected chi connectivity index (χ1v) is 15.7. The summed E-state index contributed by atoms with van der Waals surface area (Å²) in [6, 6.07) is 18.1. The van der Waals surface area contributed by atoms with Gasteiger partial charge in [-0.05, 0) is 74.3 Å². The number of hydrogen-bond donors (Lipinski definition) is 0. The summed E-state index contributed by atoms with van der Waals surface area (Å²) in [4.78, 5) is 48.4. The quantitative estimate of drug-likeness (QED) is 0.390. The standard InChI is InChI=1S/C34H46N4O3/c1-3-4-5-7-10-28-13-15-29(16-14-28)32(40)36-23-19-34(20-24-36)33(41)37(26-38(34)30-11-8-6-9-12-30)25-31(39)35-21-17-27(2)18-22-35/h6,8-9,11-16,27H,3-5,7,10,17-26H2,1-2H3. The molecule has 0 N–H and O–H groups in total. The van der Waals surface area contributed by atoms with Gasteiger partial charge in [0.1, 0.15) is 12.1 Å². The van der Waals surface area contributed by atoms with Crippen LogP contribution in [0.25, 0.3) is 0 Å². The predicted octanol–water partition coefficient (Wildman–Crippen LogP) is 5.35. The van der Waals surface area contributed by atoms with Gasteiger partial charge < -0.3 is 19.6 Å². The summed E-state index contributed by atoms with van der Waals surface area (Å²) in [5.74, 6) is 0.725. The van der Waals surface area contributed by atoms with Gasteiger partial charge in [0.2, 0.25) is 5.91 Å². The molecular weight excluding hydrogens is 512 g/mol. The summed E-state index contributed by atoms with van der Waals surface area (Å²) in [6.45, 7) is 7.53. The van der Waals surface area contributed by atoms with E-state index in [-0.39, 0.29) is 24.3 Å². The number of unbranched alkanes of at least 4 members (excludes halogenated alkanes) is 3. The Balaban J connectivity index is 1.25. The molecule has 2 aromatic carbocycles. The summed E-state index contributed by atoms with van der Waals surface area (Å²) in [5, 5.41) is 0. The highest BCUT2D eigenvalue weighted by molar-refractivity contribution is 5.97. The number of likely N-dealkylation sites (tertiary alicyclic amines) is 2. The van der Waals surface area contributed by atoms with Crippen molar-refractivity contribution in [3.8, 4) is 0 Å². The van der Waals surface area contributed by atoms with E-state index >= 15 is 0 Å². The third-order valence-electron chi connectivity index (χ3n) is 9.44. The summed E-state index contributed by atoms with van der Waals surface area (Å²) < 4.78 is 0. The van der Waals surface area contributed by atoms with Crippen LogP contribution in [0.3, 0.4) is 0 Å². The second-order valence-corrected chi connectivity index (χ2v) is 12.3. The molecule has 0 saturated carbocycles. The number of aryl methyl sites for hydroxylation is 1. The fraction of sp³-hybridized carbons (Fsp3) is 0.559. The minimum atomic E-state index is -0.739.